The van der Waals surface area contributed by atoms with Crippen molar-refractivity contribution in [1.29, 1.82) is 0 Å². The molecule has 3 aromatic rings. The van der Waals surface area contributed by atoms with Crippen LogP contribution in [0.5, 0.6) is 0 Å². The number of amides is 1. The number of halogens is 1. The number of carbonyl (C=O) groups excluding carboxylic acids is 1. The molecule has 0 spiro atoms. The van der Waals surface area contributed by atoms with E-state index in [0.29, 0.717) is 5.69 Å². The fourth-order valence-electron chi connectivity index (χ4n) is 2.08. The van der Waals surface area contributed by atoms with E-state index < -0.39 is 0 Å². The lowest BCUT2D eigenvalue weighted by Crippen LogP contribution is -2.13. The van der Waals surface area contributed by atoms with E-state index in [4.69, 9.17) is 0 Å². The highest BCUT2D eigenvalue weighted by molar-refractivity contribution is 9.10. The van der Waals surface area contributed by atoms with Crippen LogP contribution in [0.3, 0.4) is 0 Å². The van der Waals surface area contributed by atoms with Gasteiger partial charge in [-0.05, 0) is 42.5 Å². The van der Waals surface area contributed by atoms with Crippen LogP contribution in [-0.4, -0.2) is 10.9 Å². The summed E-state index contributed by atoms with van der Waals surface area (Å²) in [6.07, 6.45) is 1.61. The SMILES string of the molecule is O=C(Nc1ccccc1)c1cc(Nc2cccc(Br)c2)ccn1. The second kappa shape index (κ2) is 7.07. The Bertz CT molecular complexity index is 821. The third-order valence-electron chi connectivity index (χ3n) is 3.14. The van der Waals surface area contributed by atoms with E-state index in [2.05, 4.69) is 31.5 Å². The Kier molecular flexibility index (Phi) is 4.68. The van der Waals surface area contributed by atoms with Gasteiger partial charge in [0.25, 0.3) is 5.91 Å². The number of anilines is 3. The first kappa shape index (κ1) is 15.2. The van der Waals surface area contributed by atoms with Crippen molar-refractivity contribution in [1.82, 2.24) is 4.98 Å². The summed E-state index contributed by atoms with van der Waals surface area (Å²) >= 11 is 3.43. The normalized spacial score (nSPS) is 10.1. The monoisotopic (exact) mass is 367 g/mol. The van der Waals surface area contributed by atoms with E-state index >= 15 is 0 Å². The van der Waals surface area contributed by atoms with Crippen LogP contribution in [0, 0.1) is 0 Å². The molecule has 0 aliphatic heterocycles. The number of nitrogens with one attached hydrogen (secondary N) is 2. The predicted molar refractivity (Wildman–Crippen MR) is 96.1 cm³/mol. The zero-order chi connectivity index (χ0) is 16.1. The first-order valence-electron chi connectivity index (χ1n) is 7.06. The molecule has 1 aromatic heterocycles. The maximum absolute atomic E-state index is 12.3. The third-order valence-corrected chi connectivity index (χ3v) is 3.63. The van der Waals surface area contributed by atoms with Crippen LogP contribution in [-0.2, 0) is 0 Å². The van der Waals surface area contributed by atoms with Crippen molar-refractivity contribution in [3.63, 3.8) is 0 Å². The van der Waals surface area contributed by atoms with Gasteiger partial charge in [0.05, 0.1) is 0 Å². The number of para-hydroxylation sites is 1. The summed E-state index contributed by atoms with van der Waals surface area (Å²) in [5.41, 5.74) is 2.83. The molecule has 0 fully saturated rings. The minimum Gasteiger partial charge on any atom is -0.355 e. The summed E-state index contributed by atoms with van der Waals surface area (Å²) in [5.74, 6) is -0.242. The Morgan fingerprint density at radius 3 is 2.39 bits per heavy atom. The van der Waals surface area contributed by atoms with Gasteiger partial charge in [0.1, 0.15) is 5.69 Å². The zero-order valence-electron chi connectivity index (χ0n) is 12.2. The molecule has 0 unspecified atom stereocenters. The highest BCUT2D eigenvalue weighted by atomic mass is 79.9. The molecule has 114 valence electrons. The van der Waals surface area contributed by atoms with Gasteiger partial charge < -0.3 is 10.6 Å². The number of nitrogens with zero attached hydrogens (tertiary/aromatic N) is 1. The van der Waals surface area contributed by atoms with E-state index in [1.807, 2.05) is 60.7 Å². The summed E-state index contributed by atoms with van der Waals surface area (Å²) in [5, 5.41) is 6.08. The fourth-order valence-corrected chi connectivity index (χ4v) is 2.48. The van der Waals surface area contributed by atoms with Crippen LogP contribution >= 0.6 is 15.9 Å². The summed E-state index contributed by atoms with van der Waals surface area (Å²) in [6.45, 7) is 0. The van der Waals surface area contributed by atoms with Crippen molar-refractivity contribution in [2.45, 2.75) is 0 Å². The van der Waals surface area contributed by atoms with Crippen LogP contribution in [0.2, 0.25) is 0 Å². The number of hydrogen-bond acceptors (Lipinski definition) is 3. The van der Waals surface area contributed by atoms with Crippen molar-refractivity contribution in [2.75, 3.05) is 10.6 Å². The van der Waals surface area contributed by atoms with Gasteiger partial charge >= 0.3 is 0 Å². The van der Waals surface area contributed by atoms with Crippen LogP contribution in [0.15, 0.2) is 77.4 Å². The number of benzene rings is 2. The molecule has 0 bridgehead atoms. The van der Waals surface area contributed by atoms with Crippen molar-refractivity contribution in [3.05, 3.63) is 83.1 Å². The number of hydrogen-bond donors (Lipinski definition) is 2. The molecule has 1 amide bonds. The standard InChI is InChI=1S/C18H14BrN3O/c19-13-5-4-8-15(11-13)21-16-9-10-20-17(12-16)18(23)22-14-6-2-1-3-7-14/h1-12H,(H,20,21)(H,22,23). The average molecular weight is 368 g/mol. The number of pyridine rings is 1. The first-order valence-corrected chi connectivity index (χ1v) is 7.85. The van der Waals surface area contributed by atoms with Crippen LogP contribution in [0.1, 0.15) is 10.5 Å². The molecule has 0 aliphatic carbocycles. The second-order valence-electron chi connectivity index (χ2n) is 4.89. The molecule has 0 saturated carbocycles. The minimum absolute atomic E-state index is 0.242. The molecule has 2 N–H and O–H groups in total. The Morgan fingerprint density at radius 1 is 0.870 bits per heavy atom. The van der Waals surface area contributed by atoms with Crippen molar-refractivity contribution < 1.29 is 4.79 Å². The van der Waals surface area contributed by atoms with Gasteiger partial charge in [0.15, 0.2) is 0 Å². The highest BCUT2D eigenvalue weighted by Crippen LogP contribution is 2.20. The molecule has 2 aromatic carbocycles. The van der Waals surface area contributed by atoms with Gasteiger partial charge in [-0.2, -0.15) is 0 Å². The van der Waals surface area contributed by atoms with Crippen molar-refractivity contribution >= 4 is 38.9 Å². The lowest BCUT2D eigenvalue weighted by Gasteiger charge is -2.09. The second-order valence-corrected chi connectivity index (χ2v) is 5.80. The fraction of sp³-hybridized carbons (Fsp3) is 0. The Morgan fingerprint density at radius 2 is 1.61 bits per heavy atom. The van der Waals surface area contributed by atoms with Gasteiger partial charge in [-0.15, -0.1) is 0 Å². The molecule has 0 saturated heterocycles. The average Bonchev–Trinajstić information content (AvgIpc) is 2.56. The summed E-state index contributed by atoms with van der Waals surface area (Å²) in [4.78, 5) is 16.4. The van der Waals surface area contributed by atoms with Crippen molar-refractivity contribution in [3.8, 4) is 0 Å². The van der Waals surface area contributed by atoms with Crippen LogP contribution in [0.4, 0.5) is 17.1 Å². The lowest BCUT2D eigenvalue weighted by atomic mass is 10.2. The number of rotatable bonds is 4. The predicted octanol–water partition coefficient (Wildman–Crippen LogP) is 4.84. The first-order chi connectivity index (χ1) is 11.2. The van der Waals surface area contributed by atoms with Gasteiger partial charge in [-0.1, -0.05) is 40.2 Å². The van der Waals surface area contributed by atoms with Crippen LogP contribution in [0.25, 0.3) is 0 Å². The lowest BCUT2D eigenvalue weighted by molar-refractivity contribution is 0.102. The van der Waals surface area contributed by atoms with Gasteiger partial charge in [0.2, 0.25) is 0 Å². The van der Waals surface area contributed by atoms with Crippen LogP contribution < -0.4 is 10.6 Å². The van der Waals surface area contributed by atoms with E-state index in [1.165, 1.54) is 0 Å². The molecule has 0 atom stereocenters. The summed E-state index contributed by atoms with van der Waals surface area (Å²) < 4.78 is 0.985. The van der Waals surface area contributed by atoms with Gasteiger partial charge in [-0.3, -0.25) is 9.78 Å². The molecular formula is C18H14BrN3O. The zero-order valence-corrected chi connectivity index (χ0v) is 13.7. The van der Waals surface area contributed by atoms with E-state index in [-0.39, 0.29) is 5.91 Å². The van der Waals surface area contributed by atoms with E-state index in [0.717, 1.165) is 21.5 Å². The highest BCUT2D eigenvalue weighted by Gasteiger charge is 2.08. The molecular weight excluding hydrogens is 354 g/mol. The Labute approximate surface area is 142 Å². The Hall–Kier alpha value is -2.66. The summed E-state index contributed by atoms with van der Waals surface area (Å²) in [7, 11) is 0. The Balaban J connectivity index is 1.75. The maximum atomic E-state index is 12.3. The molecule has 4 nitrogen and oxygen atoms in total. The van der Waals surface area contributed by atoms with Gasteiger partial charge in [0, 0.05) is 27.7 Å². The van der Waals surface area contributed by atoms with E-state index in [1.54, 1.807) is 12.3 Å². The number of aromatic nitrogens is 1. The summed E-state index contributed by atoms with van der Waals surface area (Å²) in [6, 6.07) is 20.7. The molecule has 1 heterocycles. The molecule has 0 aliphatic rings. The molecule has 23 heavy (non-hydrogen) atoms. The largest absolute Gasteiger partial charge is 0.355 e. The molecule has 5 heteroatoms. The topological polar surface area (TPSA) is 54.0 Å². The molecule has 3 rings (SSSR count). The quantitative estimate of drug-likeness (QED) is 0.693. The van der Waals surface area contributed by atoms with Crippen molar-refractivity contribution in [2.24, 2.45) is 0 Å². The number of carbonyl (C=O) groups is 1. The smallest absolute Gasteiger partial charge is 0.274 e. The van der Waals surface area contributed by atoms with Gasteiger partial charge in [-0.25, -0.2) is 0 Å². The third kappa shape index (κ3) is 4.17. The minimum atomic E-state index is -0.242. The van der Waals surface area contributed by atoms with E-state index in [9.17, 15) is 4.79 Å². The molecule has 0 radical (unpaired) electrons. The maximum Gasteiger partial charge on any atom is 0.274 e.